The van der Waals surface area contributed by atoms with Gasteiger partial charge in [-0.3, -0.25) is 4.79 Å². The van der Waals surface area contributed by atoms with E-state index in [1.165, 1.54) is 0 Å². The Bertz CT molecular complexity index is 350. The molecule has 14 heavy (non-hydrogen) atoms. The minimum atomic E-state index is -0.414. The molecule has 0 bridgehead atoms. The summed E-state index contributed by atoms with van der Waals surface area (Å²) in [6, 6.07) is 9.78. The Morgan fingerprint density at radius 2 is 2.14 bits per heavy atom. The Morgan fingerprint density at radius 1 is 1.50 bits per heavy atom. The standard InChI is InChI=1S/C11H14N2O/c12-7-9-6-11(9,10(13)14)8-4-2-1-3-5-8/h1-5,9H,6-7,12H2,(H2,13,14)/p+1. The zero-order valence-corrected chi connectivity index (χ0v) is 8.07. The molecule has 0 aromatic heterocycles. The summed E-state index contributed by atoms with van der Waals surface area (Å²) in [6.07, 6.45) is 0.857. The van der Waals surface area contributed by atoms with Gasteiger partial charge in [-0.05, 0) is 12.0 Å². The molecule has 3 nitrogen and oxygen atoms in total. The van der Waals surface area contributed by atoms with Gasteiger partial charge in [-0.2, -0.15) is 0 Å². The van der Waals surface area contributed by atoms with Crippen molar-refractivity contribution >= 4 is 5.91 Å². The van der Waals surface area contributed by atoms with Crippen LogP contribution in [0, 0.1) is 5.92 Å². The lowest BCUT2D eigenvalue weighted by molar-refractivity contribution is -0.373. The molecular weight excluding hydrogens is 176 g/mol. The third-order valence-corrected chi connectivity index (χ3v) is 3.18. The van der Waals surface area contributed by atoms with Gasteiger partial charge in [0.15, 0.2) is 0 Å². The summed E-state index contributed by atoms with van der Waals surface area (Å²) in [6.45, 7) is 0.776. The molecule has 2 atom stereocenters. The van der Waals surface area contributed by atoms with E-state index in [-0.39, 0.29) is 5.91 Å². The topological polar surface area (TPSA) is 70.7 Å². The highest BCUT2D eigenvalue weighted by molar-refractivity contribution is 5.90. The fourth-order valence-electron chi connectivity index (χ4n) is 2.21. The molecule has 0 radical (unpaired) electrons. The third kappa shape index (κ3) is 1.13. The predicted molar refractivity (Wildman–Crippen MR) is 53.2 cm³/mol. The molecule has 1 aromatic carbocycles. The van der Waals surface area contributed by atoms with Gasteiger partial charge >= 0.3 is 0 Å². The van der Waals surface area contributed by atoms with E-state index in [1.807, 2.05) is 30.3 Å². The Morgan fingerprint density at radius 3 is 2.57 bits per heavy atom. The number of benzene rings is 1. The van der Waals surface area contributed by atoms with Crippen molar-refractivity contribution in [1.29, 1.82) is 0 Å². The van der Waals surface area contributed by atoms with E-state index in [4.69, 9.17) is 5.73 Å². The minimum absolute atomic E-state index is 0.211. The van der Waals surface area contributed by atoms with Gasteiger partial charge in [0.25, 0.3) is 0 Å². The summed E-state index contributed by atoms with van der Waals surface area (Å²) in [5.41, 5.74) is 9.94. The molecule has 1 aliphatic rings. The van der Waals surface area contributed by atoms with Gasteiger partial charge in [-0.25, -0.2) is 0 Å². The van der Waals surface area contributed by atoms with Crippen molar-refractivity contribution in [3.8, 4) is 0 Å². The zero-order valence-electron chi connectivity index (χ0n) is 8.07. The van der Waals surface area contributed by atoms with Crippen molar-refractivity contribution in [3.63, 3.8) is 0 Å². The maximum atomic E-state index is 11.4. The molecule has 3 heteroatoms. The first-order valence-electron chi connectivity index (χ1n) is 4.86. The SMILES string of the molecule is NC(=O)C1(c2ccccc2)CC1C[NH3+]. The van der Waals surface area contributed by atoms with Crippen LogP contribution in [-0.2, 0) is 10.2 Å². The lowest BCUT2D eigenvalue weighted by Crippen LogP contribution is -2.53. The molecule has 2 unspecified atom stereocenters. The van der Waals surface area contributed by atoms with Gasteiger partial charge in [0.1, 0.15) is 0 Å². The summed E-state index contributed by atoms with van der Waals surface area (Å²) in [5, 5.41) is 0. The molecule has 0 saturated heterocycles. The largest absolute Gasteiger partial charge is 0.369 e. The first-order chi connectivity index (χ1) is 6.71. The van der Waals surface area contributed by atoms with Crippen LogP contribution in [0.1, 0.15) is 12.0 Å². The monoisotopic (exact) mass is 191 g/mol. The molecule has 0 heterocycles. The molecule has 1 fully saturated rings. The van der Waals surface area contributed by atoms with Crippen LogP contribution in [0.2, 0.25) is 0 Å². The Kier molecular flexibility index (Phi) is 2.04. The number of carbonyl (C=O) groups is 1. The van der Waals surface area contributed by atoms with Crippen LogP contribution in [-0.4, -0.2) is 12.5 Å². The van der Waals surface area contributed by atoms with Crippen molar-refractivity contribution in [2.75, 3.05) is 6.54 Å². The summed E-state index contributed by atoms with van der Waals surface area (Å²) in [4.78, 5) is 11.4. The molecule has 1 aromatic rings. The highest BCUT2D eigenvalue weighted by Gasteiger charge is 2.60. The van der Waals surface area contributed by atoms with Crippen molar-refractivity contribution < 1.29 is 10.5 Å². The van der Waals surface area contributed by atoms with E-state index >= 15 is 0 Å². The quantitative estimate of drug-likeness (QED) is 0.675. The summed E-state index contributed by atoms with van der Waals surface area (Å²) in [5.74, 6) is 0.125. The van der Waals surface area contributed by atoms with Gasteiger partial charge in [0.05, 0.1) is 12.0 Å². The third-order valence-electron chi connectivity index (χ3n) is 3.18. The molecule has 5 N–H and O–H groups in total. The van der Waals surface area contributed by atoms with Gasteiger partial charge in [0, 0.05) is 5.92 Å². The van der Waals surface area contributed by atoms with Gasteiger partial charge in [-0.15, -0.1) is 0 Å². The fraction of sp³-hybridized carbons (Fsp3) is 0.364. The van der Waals surface area contributed by atoms with E-state index in [2.05, 4.69) is 5.73 Å². The Labute approximate surface area is 83.1 Å². The average Bonchev–Trinajstić information content (AvgIpc) is 2.94. The van der Waals surface area contributed by atoms with Crippen LogP contribution >= 0.6 is 0 Å². The zero-order chi connectivity index (χ0) is 10.2. The number of hydrogen-bond donors (Lipinski definition) is 2. The van der Waals surface area contributed by atoms with Crippen LogP contribution in [0.15, 0.2) is 30.3 Å². The van der Waals surface area contributed by atoms with E-state index in [1.54, 1.807) is 0 Å². The molecule has 2 rings (SSSR count). The number of quaternary nitrogens is 1. The molecule has 0 aliphatic heterocycles. The number of primary amides is 1. The lowest BCUT2D eigenvalue weighted by atomic mass is 9.92. The van der Waals surface area contributed by atoms with Crippen LogP contribution in [0.4, 0.5) is 0 Å². The van der Waals surface area contributed by atoms with Crippen LogP contribution in [0.3, 0.4) is 0 Å². The van der Waals surface area contributed by atoms with Gasteiger partial charge < -0.3 is 11.5 Å². The second-order valence-electron chi connectivity index (χ2n) is 3.89. The smallest absolute Gasteiger partial charge is 0.228 e. The first kappa shape index (κ1) is 9.21. The number of rotatable bonds is 3. The number of nitrogens with two attached hydrogens (primary N) is 1. The molecule has 74 valence electrons. The number of carbonyl (C=O) groups excluding carboxylic acids is 1. The van der Waals surface area contributed by atoms with E-state index < -0.39 is 5.41 Å². The second kappa shape index (κ2) is 3.10. The number of amides is 1. The Balaban J connectivity index is 2.36. The van der Waals surface area contributed by atoms with Crippen LogP contribution in [0.25, 0.3) is 0 Å². The maximum Gasteiger partial charge on any atom is 0.228 e. The van der Waals surface area contributed by atoms with Crippen molar-refractivity contribution in [3.05, 3.63) is 35.9 Å². The van der Waals surface area contributed by atoms with Crippen molar-refractivity contribution in [1.82, 2.24) is 0 Å². The molecule has 0 spiro atoms. The first-order valence-corrected chi connectivity index (χ1v) is 4.86. The van der Waals surface area contributed by atoms with Gasteiger partial charge in [0.2, 0.25) is 5.91 Å². The number of hydrogen-bond acceptors (Lipinski definition) is 1. The fourth-order valence-corrected chi connectivity index (χ4v) is 2.21. The van der Waals surface area contributed by atoms with E-state index in [9.17, 15) is 4.79 Å². The Hall–Kier alpha value is -1.35. The minimum Gasteiger partial charge on any atom is -0.369 e. The molecule has 1 aliphatic carbocycles. The van der Waals surface area contributed by atoms with E-state index in [0.29, 0.717) is 5.92 Å². The average molecular weight is 191 g/mol. The van der Waals surface area contributed by atoms with Crippen LogP contribution < -0.4 is 11.5 Å². The molecule has 1 amide bonds. The summed E-state index contributed by atoms with van der Waals surface area (Å²) in [7, 11) is 0. The lowest BCUT2D eigenvalue weighted by Gasteiger charge is -2.12. The maximum absolute atomic E-state index is 11.4. The summed E-state index contributed by atoms with van der Waals surface area (Å²) >= 11 is 0. The van der Waals surface area contributed by atoms with Crippen molar-refractivity contribution in [2.45, 2.75) is 11.8 Å². The predicted octanol–water partition coefficient (Wildman–Crippen LogP) is -0.329. The highest BCUT2D eigenvalue weighted by atomic mass is 16.1. The highest BCUT2D eigenvalue weighted by Crippen LogP contribution is 2.53. The van der Waals surface area contributed by atoms with Crippen LogP contribution in [0.5, 0.6) is 0 Å². The summed E-state index contributed by atoms with van der Waals surface area (Å²) < 4.78 is 0. The van der Waals surface area contributed by atoms with E-state index in [0.717, 1.165) is 18.5 Å². The molecule has 1 saturated carbocycles. The molecular formula is C11H15N2O+. The normalized spacial score (nSPS) is 29.9. The second-order valence-corrected chi connectivity index (χ2v) is 3.89. The van der Waals surface area contributed by atoms with Gasteiger partial charge in [-0.1, -0.05) is 30.3 Å². The van der Waals surface area contributed by atoms with Crippen molar-refractivity contribution in [2.24, 2.45) is 11.7 Å².